The molecule has 0 saturated heterocycles. The first kappa shape index (κ1) is 31.2. The molecular weight excluding hydrogens is 641 g/mol. The van der Waals surface area contributed by atoms with Crippen molar-refractivity contribution in [3.05, 3.63) is 103 Å². The van der Waals surface area contributed by atoms with E-state index in [-0.39, 0.29) is 46.3 Å². The Bertz CT molecular complexity index is 1830. The average molecular weight is 672 g/mol. The third-order valence-corrected chi connectivity index (χ3v) is 8.37. The lowest BCUT2D eigenvalue weighted by atomic mass is 9.98. The zero-order valence-electron chi connectivity index (χ0n) is 24.7. The lowest BCUT2D eigenvalue weighted by Crippen LogP contribution is -2.46. The highest BCUT2D eigenvalue weighted by atomic mass is 79.9. The van der Waals surface area contributed by atoms with Crippen LogP contribution in [0.25, 0.3) is 11.6 Å². The summed E-state index contributed by atoms with van der Waals surface area (Å²) in [4.78, 5) is 46.2. The van der Waals surface area contributed by atoms with Crippen molar-refractivity contribution < 1.29 is 22.8 Å². The molecule has 1 atom stereocenters. The van der Waals surface area contributed by atoms with Crippen LogP contribution in [-0.4, -0.2) is 49.1 Å². The van der Waals surface area contributed by atoms with Crippen LogP contribution >= 0.6 is 15.9 Å². The van der Waals surface area contributed by atoms with Crippen molar-refractivity contribution in [2.45, 2.75) is 58.8 Å². The quantitative estimate of drug-likeness (QED) is 0.299. The predicted molar refractivity (Wildman–Crippen MR) is 161 cm³/mol. The van der Waals surface area contributed by atoms with E-state index in [4.69, 9.17) is 10.1 Å². The lowest BCUT2D eigenvalue weighted by Gasteiger charge is -2.34. The number of alkyl halides is 3. The Kier molecular flexibility index (Phi) is 8.27. The van der Waals surface area contributed by atoms with Gasteiger partial charge in [0, 0.05) is 39.9 Å². The van der Waals surface area contributed by atoms with E-state index in [1.807, 2.05) is 26.8 Å². The average Bonchev–Trinajstić information content (AvgIpc) is 3.38. The molecule has 44 heavy (non-hydrogen) atoms. The van der Waals surface area contributed by atoms with Gasteiger partial charge in [0.15, 0.2) is 0 Å². The number of hydrogen-bond donors (Lipinski definition) is 1. The fraction of sp³-hybridized carbons (Fsp3) is 0.323. The maximum absolute atomic E-state index is 14.2. The molecule has 13 heteroatoms. The van der Waals surface area contributed by atoms with Gasteiger partial charge in [0.2, 0.25) is 5.95 Å². The molecule has 0 fully saturated rings. The topological polar surface area (TPSA) is 102 Å². The van der Waals surface area contributed by atoms with Gasteiger partial charge in [-0.3, -0.25) is 14.4 Å². The van der Waals surface area contributed by atoms with E-state index in [0.717, 1.165) is 17.5 Å². The summed E-state index contributed by atoms with van der Waals surface area (Å²) in [5.74, 6) is -0.587. The number of carbonyl (C=O) groups excluding carboxylic acids is 2. The van der Waals surface area contributed by atoms with Gasteiger partial charge in [-0.2, -0.15) is 18.3 Å². The fourth-order valence-corrected chi connectivity index (χ4v) is 5.69. The van der Waals surface area contributed by atoms with E-state index in [1.54, 1.807) is 35.9 Å². The Hall–Kier alpha value is -4.26. The number of rotatable bonds is 5. The molecule has 0 saturated carbocycles. The molecule has 0 radical (unpaired) electrons. The van der Waals surface area contributed by atoms with Crippen LogP contribution in [0.2, 0.25) is 0 Å². The Morgan fingerprint density at radius 2 is 1.73 bits per heavy atom. The highest BCUT2D eigenvalue weighted by Crippen LogP contribution is 2.36. The molecule has 1 aliphatic heterocycles. The molecule has 2 aromatic heterocycles. The number of hydrogen-bond acceptors (Lipinski definition) is 5. The van der Waals surface area contributed by atoms with E-state index in [0.29, 0.717) is 22.5 Å². The van der Waals surface area contributed by atoms with Gasteiger partial charge >= 0.3 is 6.18 Å². The van der Waals surface area contributed by atoms with Gasteiger partial charge in [-0.1, -0.05) is 29.8 Å². The molecule has 0 aliphatic carbocycles. The van der Waals surface area contributed by atoms with Gasteiger partial charge in [0.05, 0.1) is 29.2 Å². The molecule has 0 spiro atoms. The summed E-state index contributed by atoms with van der Waals surface area (Å²) in [6, 6.07) is 11.3. The fourth-order valence-electron chi connectivity index (χ4n) is 5.22. The standard InChI is InChI=1S/C31H30BrF3N6O3/c1-16(2)25-13-18(4)41(38-25)30-37-26-15-39(28(43)20-8-11-24(32)23(14-20)31(33,34)35)17(3)12-22(26)29(44)40(30)21-9-6-19(7-10-21)27(42)36-5/h6-11,13-14,16-17H,12,15H2,1-5H3,(H,36,42). The van der Waals surface area contributed by atoms with Crippen molar-refractivity contribution in [1.82, 2.24) is 29.5 Å². The normalized spacial score (nSPS) is 15.0. The molecule has 1 aliphatic rings. The number of amides is 2. The first-order valence-electron chi connectivity index (χ1n) is 13.9. The number of halogens is 4. The zero-order valence-corrected chi connectivity index (χ0v) is 26.2. The number of fused-ring (bicyclic) bond motifs is 1. The second-order valence-electron chi connectivity index (χ2n) is 11.1. The number of nitrogens with zero attached hydrogens (tertiary/aromatic N) is 5. The van der Waals surface area contributed by atoms with Crippen molar-refractivity contribution >= 4 is 27.7 Å². The van der Waals surface area contributed by atoms with Crippen molar-refractivity contribution in [3.8, 4) is 11.6 Å². The molecule has 4 aromatic rings. The van der Waals surface area contributed by atoms with Crippen LogP contribution in [0, 0.1) is 6.92 Å². The van der Waals surface area contributed by atoms with Crippen LogP contribution in [0.5, 0.6) is 0 Å². The first-order valence-corrected chi connectivity index (χ1v) is 14.7. The molecule has 230 valence electrons. The molecule has 2 amide bonds. The second-order valence-corrected chi connectivity index (χ2v) is 11.9. The Morgan fingerprint density at radius 1 is 1.07 bits per heavy atom. The largest absolute Gasteiger partial charge is 0.417 e. The smallest absolute Gasteiger partial charge is 0.355 e. The van der Waals surface area contributed by atoms with Crippen molar-refractivity contribution in [2.75, 3.05) is 7.05 Å². The highest BCUT2D eigenvalue weighted by Gasteiger charge is 2.36. The van der Waals surface area contributed by atoms with Crippen molar-refractivity contribution in [3.63, 3.8) is 0 Å². The molecule has 9 nitrogen and oxygen atoms in total. The maximum atomic E-state index is 14.2. The number of aromatic nitrogens is 4. The minimum absolute atomic E-state index is 0.0806. The summed E-state index contributed by atoms with van der Waals surface area (Å²) >= 11 is 2.92. The summed E-state index contributed by atoms with van der Waals surface area (Å²) in [5, 5.41) is 7.28. The maximum Gasteiger partial charge on any atom is 0.417 e. The highest BCUT2D eigenvalue weighted by molar-refractivity contribution is 9.10. The Balaban J connectivity index is 1.64. The SMILES string of the molecule is CNC(=O)c1ccc(-n2c(-n3nc(C(C)C)cc3C)nc3c(c2=O)CC(C)N(C(=O)c2ccc(Br)c(C(F)(F)F)c2)C3)cc1. The van der Waals surface area contributed by atoms with Crippen LogP contribution in [0.15, 0.2) is 57.8 Å². The molecular formula is C31H30BrF3N6O3. The van der Waals surface area contributed by atoms with Gasteiger partial charge in [0.25, 0.3) is 17.4 Å². The van der Waals surface area contributed by atoms with Gasteiger partial charge in [-0.15, -0.1) is 0 Å². The van der Waals surface area contributed by atoms with E-state index >= 15 is 0 Å². The Morgan fingerprint density at radius 3 is 2.32 bits per heavy atom. The third-order valence-electron chi connectivity index (χ3n) is 7.68. The van der Waals surface area contributed by atoms with Crippen LogP contribution in [-0.2, 0) is 19.1 Å². The summed E-state index contributed by atoms with van der Waals surface area (Å²) in [5.41, 5.74) is 1.69. The first-order chi connectivity index (χ1) is 20.7. The predicted octanol–water partition coefficient (Wildman–Crippen LogP) is 5.58. The number of carbonyl (C=O) groups is 2. The third kappa shape index (κ3) is 5.68. The molecule has 1 N–H and O–H groups in total. The molecule has 0 bridgehead atoms. The molecule has 5 rings (SSSR count). The van der Waals surface area contributed by atoms with Crippen molar-refractivity contribution in [2.24, 2.45) is 0 Å². The van der Waals surface area contributed by atoms with E-state index in [1.165, 1.54) is 28.6 Å². The van der Waals surface area contributed by atoms with Gasteiger partial charge in [-0.25, -0.2) is 14.2 Å². The zero-order chi connectivity index (χ0) is 32.1. The molecule has 1 unspecified atom stereocenters. The minimum Gasteiger partial charge on any atom is -0.355 e. The Labute approximate surface area is 259 Å². The van der Waals surface area contributed by atoms with Gasteiger partial charge in [-0.05, 0) is 74.7 Å². The van der Waals surface area contributed by atoms with Crippen LogP contribution in [0.4, 0.5) is 13.2 Å². The van der Waals surface area contributed by atoms with E-state index < -0.39 is 23.7 Å². The van der Waals surface area contributed by atoms with Crippen LogP contribution in [0.1, 0.15) is 75.6 Å². The number of nitrogens with one attached hydrogen (secondary N) is 1. The minimum atomic E-state index is -4.65. The lowest BCUT2D eigenvalue weighted by molar-refractivity contribution is -0.138. The summed E-state index contributed by atoms with van der Waals surface area (Å²) in [6.45, 7) is 7.49. The molecule has 2 aromatic carbocycles. The van der Waals surface area contributed by atoms with E-state index in [2.05, 4.69) is 21.2 Å². The van der Waals surface area contributed by atoms with Gasteiger partial charge in [0.1, 0.15) is 0 Å². The van der Waals surface area contributed by atoms with Crippen molar-refractivity contribution in [1.29, 1.82) is 0 Å². The molecule has 3 heterocycles. The van der Waals surface area contributed by atoms with Crippen LogP contribution in [0.3, 0.4) is 0 Å². The number of aryl methyl sites for hydroxylation is 1. The van der Waals surface area contributed by atoms with Gasteiger partial charge < -0.3 is 10.2 Å². The summed E-state index contributed by atoms with van der Waals surface area (Å²) < 4.78 is 43.5. The summed E-state index contributed by atoms with van der Waals surface area (Å²) in [6.07, 6.45) is -4.51. The van der Waals surface area contributed by atoms with Crippen LogP contribution < -0.4 is 10.9 Å². The van der Waals surface area contributed by atoms with E-state index in [9.17, 15) is 27.6 Å². The monoisotopic (exact) mass is 670 g/mol. The summed E-state index contributed by atoms with van der Waals surface area (Å²) in [7, 11) is 1.53. The number of benzene rings is 2. The second kappa shape index (κ2) is 11.7.